The van der Waals surface area contributed by atoms with E-state index in [1.165, 1.54) is 23.0 Å². The van der Waals surface area contributed by atoms with E-state index in [1.54, 1.807) is 6.07 Å². The zero-order valence-corrected chi connectivity index (χ0v) is 17.8. The third kappa shape index (κ3) is 4.04. The van der Waals surface area contributed by atoms with Crippen LogP contribution in [-0.2, 0) is 0 Å². The Labute approximate surface area is 184 Å². The Morgan fingerprint density at radius 2 is 1.88 bits per heavy atom. The van der Waals surface area contributed by atoms with Crippen molar-refractivity contribution in [2.24, 2.45) is 11.0 Å². The predicted octanol–water partition coefficient (Wildman–Crippen LogP) is 3.24. The van der Waals surface area contributed by atoms with Crippen molar-refractivity contribution < 1.29 is 15.0 Å². The average molecular weight is 432 g/mol. The molecule has 0 saturated heterocycles. The van der Waals surface area contributed by atoms with Crippen LogP contribution >= 0.6 is 0 Å². The van der Waals surface area contributed by atoms with Gasteiger partial charge in [-0.05, 0) is 48.2 Å². The molecule has 0 aliphatic rings. The number of aromatic hydroxyl groups is 2. The fraction of sp³-hybridized carbons (Fsp3) is 0.217. The number of benzene rings is 2. The fourth-order valence-electron chi connectivity index (χ4n) is 3.30. The largest absolute Gasteiger partial charge is 0.504 e. The third-order valence-electron chi connectivity index (χ3n) is 5.03. The molecule has 4 aromatic rings. The molecule has 0 bridgehead atoms. The molecule has 9 heteroatoms. The molecule has 1 amide bonds. The van der Waals surface area contributed by atoms with E-state index in [1.807, 2.05) is 24.3 Å². The first kappa shape index (κ1) is 21.1. The van der Waals surface area contributed by atoms with Gasteiger partial charge in [0.15, 0.2) is 17.1 Å². The van der Waals surface area contributed by atoms with Crippen LogP contribution < -0.4 is 11.1 Å². The Balaban J connectivity index is 1.83. The number of carbonyl (C=O) groups is 1. The lowest BCUT2D eigenvalue weighted by molar-refractivity contribution is 0.0954. The number of hydrogen-bond acceptors (Lipinski definition) is 7. The molecule has 0 radical (unpaired) electrons. The van der Waals surface area contributed by atoms with E-state index in [-0.39, 0.29) is 28.8 Å². The van der Waals surface area contributed by atoms with E-state index in [9.17, 15) is 15.0 Å². The van der Waals surface area contributed by atoms with E-state index >= 15 is 0 Å². The lowest BCUT2D eigenvalue weighted by atomic mass is 10.1. The summed E-state index contributed by atoms with van der Waals surface area (Å²) in [6.07, 6.45) is 2.29. The molecule has 0 saturated carbocycles. The van der Waals surface area contributed by atoms with Crippen LogP contribution in [0.25, 0.3) is 22.2 Å². The van der Waals surface area contributed by atoms with Crippen molar-refractivity contribution in [3.05, 3.63) is 53.6 Å². The number of hydrogen-bond donors (Lipinski definition) is 4. The molecule has 5 N–H and O–H groups in total. The number of nitrogens with zero attached hydrogens (tertiary/aromatic N) is 4. The summed E-state index contributed by atoms with van der Waals surface area (Å²) >= 11 is 0. The van der Waals surface area contributed by atoms with Gasteiger partial charge in [0.1, 0.15) is 16.9 Å². The molecular formula is C23H24N6O3. The standard InChI is InChI=1S/C23H24N6O3/c1-13(2)9-10-25-23(32)19-20-22(28-16-6-4-3-5-15(16)27-20)29(21(19)24)26-12-14-7-8-17(30)18(31)11-14/h3-8,11-13,30-31H,9-10,24H2,1-2H3,(H,25,32). The maximum absolute atomic E-state index is 13.0. The maximum Gasteiger partial charge on any atom is 0.257 e. The summed E-state index contributed by atoms with van der Waals surface area (Å²) in [6, 6.07) is 11.6. The van der Waals surface area contributed by atoms with Crippen molar-refractivity contribution >= 4 is 40.1 Å². The van der Waals surface area contributed by atoms with E-state index in [0.29, 0.717) is 40.2 Å². The minimum absolute atomic E-state index is 0.108. The summed E-state index contributed by atoms with van der Waals surface area (Å²) in [5.41, 5.74) is 9.07. The van der Waals surface area contributed by atoms with Crippen molar-refractivity contribution in [1.82, 2.24) is 20.0 Å². The number of fused-ring (bicyclic) bond motifs is 2. The molecule has 0 unspecified atom stereocenters. The van der Waals surface area contributed by atoms with Gasteiger partial charge in [0.05, 0.1) is 17.2 Å². The molecule has 164 valence electrons. The molecule has 2 heterocycles. The highest BCUT2D eigenvalue weighted by Crippen LogP contribution is 2.28. The van der Waals surface area contributed by atoms with Crippen molar-refractivity contribution in [3.8, 4) is 11.5 Å². The summed E-state index contributed by atoms with van der Waals surface area (Å²) < 4.78 is 1.36. The highest BCUT2D eigenvalue weighted by molar-refractivity contribution is 6.10. The predicted molar refractivity (Wildman–Crippen MR) is 124 cm³/mol. The van der Waals surface area contributed by atoms with Gasteiger partial charge in [0.25, 0.3) is 5.91 Å². The summed E-state index contributed by atoms with van der Waals surface area (Å²) in [7, 11) is 0. The van der Waals surface area contributed by atoms with E-state index in [4.69, 9.17) is 5.73 Å². The number of nitrogens with two attached hydrogens (primary N) is 1. The van der Waals surface area contributed by atoms with Gasteiger partial charge in [0, 0.05) is 6.54 Å². The van der Waals surface area contributed by atoms with Gasteiger partial charge in [-0.15, -0.1) is 0 Å². The highest BCUT2D eigenvalue weighted by atomic mass is 16.3. The van der Waals surface area contributed by atoms with Crippen LogP contribution in [0.15, 0.2) is 47.6 Å². The molecule has 4 rings (SSSR count). The second kappa shape index (κ2) is 8.54. The Hall–Kier alpha value is -4.14. The number of carbonyl (C=O) groups excluding carboxylic acids is 1. The molecule has 2 aromatic carbocycles. The van der Waals surface area contributed by atoms with Gasteiger partial charge in [0.2, 0.25) is 0 Å². The molecular weight excluding hydrogens is 408 g/mol. The highest BCUT2D eigenvalue weighted by Gasteiger charge is 2.24. The van der Waals surface area contributed by atoms with Gasteiger partial charge >= 0.3 is 0 Å². The fourth-order valence-corrected chi connectivity index (χ4v) is 3.30. The van der Waals surface area contributed by atoms with Crippen molar-refractivity contribution in [2.45, 2.75) is 20.3 Å². The number of nitrogen functional groups attached to an aromatic ring is 1. The number of nitrogens with one attached hydrogen (secondary N) is 1. The van der Waals surface area contributed by atoms with Crippen LogP contribution in [0.5, 0.6) is 11.5 Å². The van der Waals surface area contributed by atoms with Gasteiger partial charge < -0.3 is 21.3 Å². The molecule has 0 aliphatic carbocycles. The van der Waals surface area contributed by atoms with Gasteiger partial charge in [-0.1, -0.05) is 26.0 Å². The molecule has 0 fully saturated rings. The number of phenolic OH excluding ortho intramolecular Hbond substituents is 2. The van der Waals surface area contributed by atoms with Gasteiger partial charge in [-0.25, -0.2) is 9.97 Å². The number of anilines is 1. The Morgan fingerprint density at radius 1 is 1.16 bits per heavy atom. The normalized spacial score (nSPS) is 11.7. The Morgan fingerprint density at radius 3 is 2.56 bits per heavy atom. The SMILES string of the molecule is CC(C)CCNC(=O)c1c(N)n(N=Cc2ccc(O)c(O)c2)c2nc3ccccc3nc12. The van der Waals surface area contributed by atoms with Crippen LogP contribution in [0.1, 0.15) is 36.2 Å². The van der Waals surface area contributed by atoms with Gasteiger partial charge in [-0.3, -0.25) is 4.79 Å². The van der Waals surface area contributed by atoms with E-state index in [2.05, 4.69) is 34.2 Å². The molecule has 32 heavy (non-hydrogen) atoms. The summed E-state index contributed by atoms with van der Waals surface area (Å²) in [6.45, 7) is 4.68. The molecule has 0 aliphatic heterocycles. The van der Waals surface area contributed by atoms with Crippen LogP contribution in [0.4, 0.5) is 5.82 Å². The Kier molecular flexibility index (Phi) is 5.63. The lowest BCUT2D eigenvalue weighted by Crippen LogP contribution is -2.26. The summed E-state index contributed by atoms with van der Waals surface area (Å²) in [4.78, 5) is 22.2. The zero-order chi connectivity index (χ0) is 22.8. The smallest absolute Gasteiger partial charge is 0.257 e. The number of rotatable bonds is 6. The summed E-state index contributed by atoms with van der Waals surface area (Å²) in [5.74, 6) is -0.282. The van der Waals surface area contributed by atoms with Crippen LogP contribution in [0.3, 0.4) is 0 Å². The topological polar surface area (TPSA) is 139 Å². The van der Waals surface area contributed by atoms with E-state index in [0.717, 1.165) is 6.42 Å². The number of amides is 1. The first-order chi connectivity index (χ1) is 15.3. The molecule has 2 aromatic heterocycles. The van der Waals surface area contributed by atoms with Crippen LogP contribution in [-0.4, -0.2) is 43.5 Å². The summed E-state index contributed by atoms with van der Waals surface area (Å²) in [5, 5.41) is 26.5. The minimum Gasteiger partial charge on any atom is -0.504 e. The molecule has 0 atom stereocenters. The molecule has 0 spiro atoms. The first-order valence-corrected chi connectivity index (χ1v) is 10.3. The Bertz CT molecular complexity index is 1340. The second-order valence-corrected chi connectivity index (χ2v) is 7.89. The van der Waals surface area contributed by atoms with Crippen molar-refractivity contribution in [1.29, 1.82) is 0 Å². The minimum atomic E-state index is -0.339. The first-order valence-electron chi connectivity index (χ1n) is 10.3. The maximum atomic E-state index is 13.0. The van der Waals surface area contributed by atoms with Crippen LogP contribution in [0.2, 0.25) is 0 Å². The third-order valence-corrected chi connectivity index (χ3v) is 5.03. The van der Waals surface area contributed by atoms with Crippen LogP contribution in [0, 0.1) is 5.92 Å². The zero-order valence-electron chi connectivity index (χ0n) is 17.8. The number of phenols is 2. The van der Waals surface area contributed by atoms with Gasteiger partial charge in [-0.2, -0.15) is 9.78 Å². The monoisotopic (exact) mass is 432 g/mol. The number of para-hydroxylation sites is 2. The average Bonchev–Trinajstić information content (AvgIpc) is 3.02. The lowest BCUT2D eigenvalue weighted by Gasteiger charge is -2.07. The molecule has 9 nitrogen and oxygen atoms in total. The second-order valence-electron chi connectivity index (χ2n) is 7.89. The van der Waals surface area contributed by atoms with Crippen molar-refractivity contribution in [2.75, 3.05) is 12.3 Å². The quantitative estimate of drug-likeness (QED) is 0.272. The number of aromatic nitrogens is 3. The van der Waals surface area contributed by atoms with Crippen molar-refractivity contribution in [3.63, 3.8) is 0 Å². The van der Waals surface area contributed by atoms with E-state index < -0.39 is 0 Å².